The van der Waals surface area contributed by atoms with E-state index < -0.39 is 0 Å². The van der Waals surface area contributed by atoms with Gasteiger partial charge < -0.3 is 10.6 Å². The predicted molar refractivity (Wildman–Crippen MR) is 97.1 cm³/mol. The maximum atomic E-state index is 12.3. The van der Waals surface area contributed by atoms with Gasteiger partial charge in [0.1, 0.15) is 5.69 Å². The second-order valence-corrected chi connectivity index (χ2v) is 5.93. The lowest BCUT2D eigenvalue weighted by Gasteiger charge is -2.10. The molecule has 0 saturated carbocycles. The average molecular weight is 383 g/mol. The summed E-state index contributed by atoms with van der Waals surface area (Å²) >= 11 is 3.49. The summed E-state index contributed by atoms with van der Waals surface area (Å²) in [7, 11) is 0. The molecule has 0 radical (unpaired) electrons. The largest absolute Gasteiger partial charge is 0.354 e. The van der Waals surface area contributed by atoms with Crippen molar-refractivity contribution in [2.24, 2.45) is 0 Å². The number of benzene rings is 1. The first-order valence-corrected chi connectivity index (χ1v) is 8.16. The Morgan fingerprint density at radius 1 is 1.08 bits per heavy atom. The summed E-state index contributed by atoms with van der Waals surface area (Å²) in [6, 6.07) is 15.1. The SMILES string of the molecule is O=C(NCc1cccnc1)c1cc(Nc2ccccc2Br)ccn1. The van der Waals surface area contributed by atoms with Gasteiger partial charge in [-0.2, -0.15) is 0 Å². The average Bonchev–Trinajstić information content (AvgIpc) is 2.63. The van der Waals surface area contributed by atoms with Crippen LogP contribution in [-0.2, 0) is 6.54 Å². The van der Waals surface area contributed by atoms with E-state index in [1.165, 1.54) is 0 Å². The van der Waals surface area contributed by atoms with E-state index in [0.717, 1.165) is 21.4 Å². The minimum Gasteiger partial charge on any atom is -0.354 e. The second kappa shape index (κ2) is 7.70. The minimum atomic E-state index is -0.227. The molecule has 0 spiro atoms. The molecule has 2 N–H and O–H groups in total. The number of hydrogen-bond donors (Lipinski definition) is 2. The third-order valence-electron chi connectivity index (χ3n) is 3.32. The zero-order valence-electron chi connectivity index (χ0n) is 12.7. The van der Waals surface area contributed by atoms with E-state index in [1.807, 2.05) is 42.5 Å². The Morgan fingerprint density at radius 3 is 2.75 bits per heavy atom. The van der Waals surface area contributed by atoms with Crippen LogP contribution in [-0.4, -0.2) is 15.9 Å². The molecule has 0 bridgehead atoms. The number of amides is 1. The van der Waals surface area contributed by atoms with Crippen LogP contribution < -0.4 is 10.6 Å². The van der Waals surface area contributed by atoms with Crippen molar-refractivity contribution >= 4 is 33.2 Å². The molecule has 24 heavy (non-hydrogen) atoms. The van der Waals surface area contributed by atoms with Gasteiger partial charge in [-0.25, -0.2) is 0 Å². The van der Waals surface area contributed by atoms with Gasteiger partial charge in [-0.3, -0.25) is 14.8 Å². The Balaban J connectivity index is 1.68. The highest BCUT2D eigenvalue weighted by Crippen LogP contribution is 2.25. The standard InChI is InChI=1S/C18H15BrN4O/c19-15-5-1-2-6-16(15)23-14-7-9-21-17(10-14)18(24)22-12-13-4-3-8-20-11-13/h1-11H,12H2,(H,21,23)(H,22,24). The highest BCUT2D eigenvalue weighted by Gasteiger charge is 2.08. The molecule has 0 saturated heterocycles. The normalized spacial score (nSPS) is 10.2. The van der Waals surface area contributed by atoms with Crippen molar-refractivity contribution in [1.29, 1.82) is 0 Å². The third kappa shape index (κ3) is 4.17. The Hall–Kier alpha value is -2.73. The van der Waals surface area contributed by atoms with E-state index in [9.17, 15) is 4.79 Å². The monoisotopic (exact) mass is 382 g/mol. The van der Waals surface area contributed by atoms with E-state index >= 15 is 0 Å². The van der Waals surface area contributed by atoms with E-state index in [1.54, 1.807) is 24.7 Å². The van der Waals surface area contributed by atoms with Gasteiger partial charge in [0, 0.05) is 35.3 Å². The topological polar surface area (TPSA) is 66.9 Å². The Morgan fingerprint density at radius 2 is 1.96 bits per heavy atom. The molecule has 0 aliphatic rings. The molecule has 1 amide bonds. The van der Waals surface area contributed by atoms with Crippen LogP contribution in [0, 0.1) is 0 Å². The third-order valence-corrected chi connectivity index (χ3v) is 4.01. The van der Waals surface area contributed by atoms with Gasteiger partial charge in [-0.15, -0.1) is 0 Å². The molecule has 1 aromatic carbocycles. The fourth-order valence-electron chi connectivity index (χ4n) is 2.13. The number of anilines is 2. The fraction of sp³-hybridized carbons (Fsp3) is 0.0556. The first-order valence-electron chi connectivity index (χ1n) is 7.37. The van der Waals surface area contributed by atoms with Crippen LogP contribution >= 0.6 is 15.9 Å². The van der Waals surface area contributed by atoms with Gasteiger partial charge >= 0.3 is 0 Å². The van der Waals surface area contributed by atoms with Crippen LogP contribution in [0.5, 0.6) is 0 Å². The van der Waals surface area contributed by atoms with Crippen LogP contribution in [0.15, 0.2) is 71.6 Å². The number of pyridine rings is 2. The van der Waals surface area contributed by atoms with Crippen molar-refractivity contribution in [3.63, 3.8) is 0 Å². The second-order valence-electron chi connectivity index (χ2n) is 5.08. The first-order chi connectivity index (χ1) is 11.7. The number of para-hydroxylation sites is 1. The quantitative estimate of drug-likeness (QED) is 0.701. The van der Waals surface area contributed by atoms with E-state index in [4.69, 9.17) is 0 Å². The smallest absolute Gasteiger partial charge is 0.270 e. The molecule has 0 aliphatic heterocycles. The molecule has 0 unspecified atom stereocenters. The molecule has 0 fully saturated rings. The summed E-state index contributed by atoms with van der Waals surface area (Å²) in [5.41, 5.74) is 3.01. The Bertz CT molecular complexity index is 839. The molecule has 3 rings (SSSR count). The zero-order valence-corrected chi connectivity index (χ0v) is 14.3. The van der Waals surface area contributed by atoms with E-state index in [2.05, 4.69) is 36.5 Å². The first kappa shape index (κ1) is 16.1. The van der Waals surface area contributed by atoms with Crippen LogP contribution in [0.1, 0.15) is 16.1 Å². The number of nitrogens with one attached hydrogen (secondary N) is 2. The predicted octanol–water partition coefficient (Wildman–Crippen LogP) is 3.91. The molecule has 2 aromatic heterocycles. The Kier molecular flexibility index (Phi) is 5.18. The summed E-state index contributed by atoms with van der Waals surface area (Å²) < 4.78 is 0.949. The van der Waals surface area contributed by atoms with Gasteiger partial charge in [-0.1, -0.05) is 18.2 Å². The van der Waals surface area contributed by atoms with Crippen molar-refractivity contribution in [3.8, 4) is 0 Å². The summed E-state index contributed by atoms with van der Waals surface area (Å²) in [6.45, 7) is 0.413. The van der Waals surface area contributed by atoms with Crippen molar-refractivity contribution in [2.45, 2.75) is 6.54 Å². The molecule has 120 valence electrons. The Labute approximate surface area is 148 Å². The maximum Gasteiger partial charge on any atom is 0.270 e. The lowest BCUT2D eigenvalue weighted by molar-refractivity contribution is 0.0946. The van der Waals surface area contributed by atoms with Crippen LogP contribution in [0.2, 0.25) is 0 Å². The molecule has 5 nitrogen and oxygen atoms in total. The van der Waals surface area contributed by atoms with Gasteiger partial charge in [-0.05, 0) is 51.8 Å². The summed E-state index contributed by atoms with van der Waals surface area (Å²) in [6.07, 6.45) is 5.03. The molecule has 6 heteroatoms. The van der Waals surface area contributed by atoms with Gasteiger partial charge in [0.15, 0.2) is 0 Å². The lowest BCUT2D eigenvalue weighted by Crippen LogP contribution is -2.23. The number of carbonyl (C=O) groups is 1. The minimum absolute atomic E-state index is 0.227. The fourth-order valence-corrected chi connectivity index (χ4v) is 2.51. The number of halogens is 1. The molecule has 3 aromatic rings. The van der Waals surface area contributed by atoms with Crippen LogP contribution in [0.3, 0.4) is 0 Å². The van der Waals surface area contributed by atoms with Crippen LogP contribution in [0.4, 0.5) is 11.4 Å². The molecule has 2 heterocycles. The highest BCUT2D eigenvalue weighted by molar-refractivity contribution is 9.10. The van der Waals surface area contributed by atoms with E-state index in [0.29, 0.717) is 12.2 Å². The van der Waals surface area contributed by atoms with Crippen LogP contribution in [0.25, 0.3) is 0 Å². The number of hydrogen-bond acceptors (Lipinski definition) is 4. The van der Waals surface area contributed by atoms with Crippen molar-refractivity contribution in [3.05, 3.63) is 82.9 Å². The van der Waals surface area contributed by atoms with Gasteiger partial charge in [0.2, 0.25) is 0 Å². The molecular weight excluding hydrogens is 368 g/mol. The number of nitrogens with zero attached hydrogens (tertiary/aromatic N) is 2. The summed E-state index contributed by atoms with van der Waals surface area (Å²) in [4.78, 5) is 20.4. The molecular formula is C18H15BrN4O. The van der Waals surface area contributed by atoms with Gasteiger partial charge in [0.05, 0.1) is 5.69 Å². The van der Waals surface area contributed by atoms with Crippen molar-refractivity contribution in [1.82, 2.24) is 15.3 Å². The molecule has 0 aliphatic carbocycles. The van der Waals surface area contributed by atoms with Crippen molar-refractivity contribution < 1.29 is 4.79 Å². The van der Waals surface area contributed by atoms with Crippen molar-refractivity contribution in [2.75, 3.05) is 5.32 Å². The molecule has 0 atom stereocenters. The maximum absolute atomic E-state index is 12.3. The summed E-state index contributed by atoms with van der Waals surface area (Å²) in [5.74, 6) is -0.227. The zero-order chi connectivity index (χ0) is 16.8. The highest BCUT2D eigenvalue weighted by atomic mass is 79.9. The number of aromatic nitrogens is 2. The number of rotatable bonds is 5. The lowest BCUT2D eigenvalue weighted by atomic mass is 10.2. The number of carbonyl (C=O) groups excluding carboxylic acids is 1. The summed E-state index contributed by atoms with van der Waals surface area (Å²) in [5, 5.41) is 6.10. The van der Waals surface area contributed by atoms with E-state index in [-0.39, 0.29) is 5.91 Å². The van der Waals surface area contributed by atoms with Gasteiger partial charge in [0.25, 0.3) is 5.91 Å².